The van der Waals surface area contributed by atoms with Gasteiger partial charge in [0, 0.05) is 40.1 Å². The third kappa shape index (κ3) is 4.30. The van der Waals surface area contributed by atoms with Crippen molar-refractivity contribution >= 4 is 39.0 Å². The molecule has 1 amide bonds. The molecule has 2 aromatic heterocycles. The second-order valence-electron chi connectivity index (χ2n) is 7.54. The van der Waals surface area contributed by atoms with Gasteiger partial charge < -0.3 is 4.90 Å². The van der Waals surface area contributed by atoms with Crippen LogP contribution in [0, 0.1) is 5.92 Å². The molecule has 1 aliphatic heterocycles. The number of aromatic amines is 1. The summed E-state index contributed by atoms with van der Waals surface area (Å²) in [5.41, 5.74) is 1.86. The van der Waals surface area contributed by atoms with Gasteiger partial charge in [-0.05, 0) is 26.0 Å². The van der Waals surface area contributed by atoms with Crippen molar-refractivity contribution < 1.29 is 13.6 Å². The molecule has 3 aromatic rings. The number of rotatable bonds is 4. The number of alkyl halides is 2. The number of nitrogens with one attached hydrogen (secondary N) is 1. The highest BCUT2D eigenvalue weighted by Gasteiger charge is 2.42. The summed E-state index contributed by atoms with van der Waals surface area (Å²) >= 11 is 1.45. The van der Waals surface area contributed by atoms with Crippen LogP contribution in [-0.4, -0.2) is 50.7 Å². The molecule has 0 bridgehead atoms. The molecule has 30 heavy (non-hydrogen) atoms. The number of aromatic nitrogens is 3. The van der Waals surface area contributed by atoms with Crippen molar-refractivity contribution in [3.63, 3.8) is 0 Å². The van der Waals surface area contributed by atoms with E-state index >= 15 is 0 Å². The molecule has 9 heteroatoms. The lowest BCUT2D eigenvalue weighted by Gasteiger charge is -2.38. The standard InChI is InChI=1S/C21H21F2N5OS/c1-13(7-14(2)26-20-24-12-25-27-20)15-8-21(22,23)11-28(9-15)19(29)17-10-30-18-6-4-3-5-16(17)18/h3-7,10,12,15H,8-9,11H2,1-2H3,(H,24,25,27)/b13-7+,26-14?. The minimum absolute atomic E-state index is 0.247. The molecule has 1 aliphatic rings. The SMILES string of the molecule is CC(/C=C(\C)C1CN(C(=O)c2csc3ccccc23)CC(F)(F)C1)=Nc1ncn[nH]1. The van der Waals surface area contributed by atoms with Crippen molar-refractivity contribution in [2.75, 3.05) is 13.1 Å². The van der Waals surface area contributed by atoms with E-state index in [0.717, 1.165) is 15.7 Å². The number of thiophene rings is 1. The molecule has 1 aromatic carbocycles. The molecule has 0 radical (unpaired) electrons. The molecule has 3 heterocycles. The lowest BCUT2D eigenvalue weighted by Crippen LogP contribution is -2.49. The van der Waals surface area contributed by atoms with Crippen LogP contribution in [0.25, 0.3) is 10.1 Å². The van der Waals surface area contributed by atoms with E-state index in [1.165, 1.54) is 22.6 Å². The average Bonchev–Trinajstić information content (AvgIpc) is 3.35. The van der Waals surface area contributed by atoms with Crippen molar-refractivity contribution in [3.05, 3.63) is 53.2 Å². The van der Waals surface area contributed by atoms with Crippen molar-refractivity contribution in [2.45, 2.75) is 26.2 Å². The third-order valence-electron chi connectivity index (χ3n) is 5.17. The van der Waals surface area contributed by atoms with E-state index in [4.69, 9.17) is 0 Å². The first kappa shape index (κ1) is 20.3. The zero-order chi connectivity index (χ0) is 21.3. The van der Waals surface area contributed by atoms with E-state index in [-0.39, 0.29) is 18.9 Å². The zero-order valence-corrected chi connectivity index (χ0v) is 17.4. The van der Waals surface area contributed by atoms with Crippen molar-refractivity contribution in [2.24, 2.45) is 10.9 Å². The maximum absolute atomic E-state index is 14.6. The number of amides is 1. The molecule has 0 aliphatic carbocycles. The Morgan fingerprint density at radius 3 is 2.93 bits per heavy atom. The first-order valence-corrected chi connectivity index (χ1v) is 10.4. The third-order valence-corrected chi connectivity index (χ3v) is 6.14. The minimum Gasteiger partial charge on any atom is -0.332 e. The molecule has 1 atom stereocenters. The summed E-state index contributed by atoms with van der Waals surface area (Å²) < 4.78 is 30.1. The first-order valence-electron chi connectivity index (χ1n) is 9.54. The van der Waals surface area contributed by atoms with Crippen LogP contribution in [0.4, 0.5) is 14.7 Å². The lowest BCUT2D eigenvalue weighted by molar-refractivity contribution is -0.0697. The number of fused-ring (bicyclic) bond motifs is 1. The summed E-state index contributed by atoms with van der Waals surface area (Å²) in [5.74, 6) is -3.40. The van der Waals surface area contributed by atoms with Crippen LogP contribution in [0.5, 0.6) is 0 Å². The van der Waals surface area contributed by atoms with Gasteiger partial charge in [0.25, 0.3) is 11.8 Å². The number of carbonyl (C=O) groups excluding carboxylic acids is 1. The number of benzene rings is 1. The number of aliphatic imine (C=N–C) groups is 1. The molecule has 1 fully saturated rings. The average molecular weight is 429 g/mol. The van der Waals surface area contributed by atoms with Gasteiger partial charge in [0.05, 0.1) is 12.1 Å². The van der Waals surface area contributed by atoms with Gasteiger partial charge in [-0.15, -0.1) is 11.3 Å². The van der Waals surface area contributed by atoms with E-state index in [1.54, 1.807) is 25.3 Å². The summed E-state index contributed by atoms with van der Waals surface area (Å²) in [4.78, 5) is 22.6. The second-order valence-corrected chi connectivity index (χ2v) is 8.45. The van der Waals surface area contributed by atoms with Crippen LogP contribution in [0.3, 0.4) is 0 Å². The Morgan fingerprint density at radius 1 is 1.37 bits per heavy atom. The van der Waals surface area contributed by atoms with Gasteiger partial charge in [0.15, 0.2) is 0 Å². The predicted molar refractivity (Wildman–Crippen MR) is 114 cm³/mol. The van der Waals surface area contributed by atoms with E-state index < -0.39 is 18.4 Å². The first-order chi connectivity index (χ1) is 14.3. The number of allylic oxidation sites excluding steroid dienone is 1. The number of H-pyrrole nitrogens is 1. The van der Waals surface area contributed by atoms with Crippen LogP contribution in [0.1, 0.15) is 30.6 Å². The minimum atomic E-state index is -2.95. The topological polar surface area (TPSA) is 74.2 Å². The summed E-state index contributed by atoms with van der Waals surface area (Å²) in [6, 6.07) is 7.53. The summed E-state index contributed by atoms with van der Waals surface area (Å²) in [6.07, 6.45) is 2.82. The number of halogens is 2. The monoisotopic (exact) mass is 429 g/mol. The molecular formula is C21H21F2N5OS. The van der Waals surface area contributed by atoms with Gasteiger partial charge in [-0.1, -0.05) is 23.8 Å². The number of hydrogen-bond acceptors (Lipinski definition) is 5. The molecule has 1 unspecified atom stereocenters. The largest absolute Gasteiger partial charge is 0.332 e. The normalized spacial score (nSPS) is 20.0. The fourth-order valence-corrected chi connectivity index (χ4v) is 4.71. The van der Waals surface area contributed by atoms with Crippen LogP contribution < -0.4 is 0 Å². The van der Waals surface area contributed by atoms with Gasteiger partial charge >= 0.3 is 0 Å². The fourth-order valence-electron chi connectivity index (χ4n) is 3.77. The smallest absolute Gasteiger partial charge is 0.266 e. The van der Waals surface area contributed by atoms with Crippen molar-refractivity contribution in [1.82, 2.24) is 20.1 Å². The molecule has 1 saturated heterocycles. The molecular weight excluding hydrogens is 408 g/mol. The molecule has 1 N–H and O–H groups in total. The Kier molecular flexibility index (Phi) is 5.46. The molecule has 156 valence electrons. The van der Waals surface area contributed by atoms with Crippen LogP contribution in [0.2, 0.25) is 0 Å². The maximum atomic E-state index is 14.6. The number of likely N-dealkylation sites (tertiary alicyclic amines) is 1. The number of carbonyl (C=O) groups is 1. The predicted octanol–water partition coefficient (Wildman–Crippen LogP) is 4.86. The van der Waals surface area contributed by atoms with Gasteiger partial charge in [-0.3, -0.25) is 4.79 Å². The van der Waals surface area contributed by atoms with Crippen molar-refractivity contribution in [3.8, 4) is 0 Å². The van der Waals surface area contributed by atoms with E-state index in [2.05, 4.69) is 20.2 Å². The highest BCUT2D eigenvalue weighted by molar-refractivity contribution is 7.17. The van der Waals surface area contributed by atoms with Crippen LogP contribution >= 0.6 is 11.3 Å². The molecule has 0 saturated carbocycles. The second kappa shape index (κ2) is 8.06. The van der Waals surface area contributed by atoms with Gasteiger partial charge in [0.1, 0.15) is 6.33 Å². The van der Waals surface area contributed by atoms with Crippen LogP contribution in [-0.2, 0) is 0 Å². The lowest BCUT2D eigenvalue weighted by atomic mass is 9.88. The van der Waals surface area contributed by atoms with Gasteiger partial charge in [-0.25, -0.2) is 18.9 Å². The Balaban J connectivity index is 1.57. The number of nitrogens with zero attached hydrogens (tertiary/aromatic N) is 4. The molecule has 0 spiro atoms. The Morgan fingerprint density at radius 2 is 2.17 bits per heavy atom. The fraction of sp³-hybridized carbons (Fsp3) is 0.333. The quantitative estimate of drug-likeness (QED) is 0.602. The van der Waals surface area contributed by atoms with Crippen molar-refractivity contribution in [1.29, 1.82) is 0 Å². The summed E-state index contributed by atoms with van der Waals surface area (Å²) in [7, 11) is 0. The van der Waals surface area contributed by atoms with E-state index in [9.17, 15) is 13.6 Å². The van der Waals surface area contributed by atoms with Gasteiger partial charge in [-0.2, -0.15) is 10.1 Å². The van der Waals surface area contributed by atoms with E-state index in [0.29, 0.717) is 17.2 Å². The maximum Gasteiger partial charge on any atom is 0.266 e. The molecule has 6 nitrogen and oxygen atoms in total. The van der Waals surface area contributed by atoms with Gasteiger partial charge in [0.2, 0.25) is 5.95 Å². The Labute approximate surface area is 176 Å². The highest BCUT2D eigenvalue weighted by Crippen LogP contribution is 2.36. The Bertz CT molecular complexity index is 1120. The number of hydrogen-bond donors (Lipinski definition) is 1. The zero-order valence-electron chi connectivity index (χ0n) is 16.6. The summed E-state index contributed by atoms with van der Waals surface area (Å²) in [6.45, 7) is 3.25. The number of piperidine rings is 1. The Hall–Kier alpha value is -2.94. The highest BCUT2D eigenvalue weighted by atomic mass is 32.1. The van der Waals surface area contributed by atoms with E-state index in [1.807, 2.05) is 24.3 Å². The molecule has 4 rings (SSSR count). The van der Waals surface area contributed by atoms with Crippen LogP contribution in [0.15, 0.2) is 52.6 Å². The summed E-state index contributed by atoms with van der Waals surface area (Å²) in [5, 5.41) is 8.93.